The molecule has 10 amide bonds. The molecule has 0 radical (unpaired) electrons. The van der Waals surface area contributed by atoms with Crippen molar-refractivity contribution in [1.82, 2.24) is 68.2 Å². The van der Waals surface area contributed by atoms with E-state index in [-0.39, 0.29) is 58.5 Å². The zero-order valence-electron chi connectivity index (χ0n) is 61.1. The van der Waals surface area contributed by atoms with Crippen LogP contribution >= 0.6 is 0 Å². The number of fused-ring (bicyclic) bond motifs is 1. The Morgan fingerprint density at radius 3 is 1.40 bits per heavy atom. The first-order chi connectivity index (χ1) is 51.9. The van der Waals surface area contributed by atoms with Crippen molar-refractivity contribution in [2.45, 2.75) is 80.8 Å². The predicted octanol–water partition coefficient (Wildman–Crippen LogP) is 4.64. The van der Waals surface area contributed by atoms with E-state index in [1.54, 1.807) is 60.1 Å². The van der Waals surface area contributed by atoms with E-state index in [1.807, 2.05) is 78.9 Å². The van der Waals surface area contributed by atoms with Crippen LogP contribution in [0.25, 0.3) is 11.3 Å². The molecule has 3 aromatic heterocycles. The number of nitrogens with zero attached hydrogens (tertiary/aromatic N) is 4. The van der Waals surface area contributed by atoms with Crippen molar-refractivity contribution >= 4 is 65.8 Å². The third kappa shape index (κ3) is 36.0. The maximum atomic E-state index is 11.7. The second-order valence-corrected chi connectivity index (χ2v) is 22.5. The van der Waals surface area contributed by atoms with Crippen molar-refractivity contribution in [3.63, 3.8) is 0 Å². The van der Waals surface area contributed by atoms with Crippen LogP contribution in [0.15, 0.2) is 118 Å². The van der Waals surface area contributed by atoms with Crippen molar-refractivity contribution < 1.29 is 99.5 Å². The second-order valence-electron chi connectivity index (χ2n) is 22.5. The molecule has 3 aliphatic rings. The van der Waals surface area contributed by atoms with Gasteiger partial charge in [-0.3, -0.25) is 28.9 Å². The van der Waals surface area contributed by atoms with Crippen LogP contribution in [0.4, 0.5) is 29.8 Å². The Balaban J connectivity index is 0.000000241. The number of aryl methyl sites for hydroxylation is 1. The molecule has 0 aliphatic carbocycles. The summed E-state index contributed by atoms with van der Waals surface area (Å²) in [5.41, 5.74) is 6.44. The van der Waals surface area contributed by atoms with E-state index in [2.05, 4.69) is 90.0 Å². The van der Waals surface area contributed by atoms with E-state index in [4.69, 9.17) is 46.8 Å². The van der Waals surface area contributed by atoms with Crippen LogP contribution < -0.4 is 67.5 Å². The normalized spacial score (nSPS) is 12.4. The molecule has 2 fully saturated rings. The average molecular weight is 1500 g/mol. The maximum absolute atomic E-state index is 11.7. The lowest BCUT2D eigenvalue weighted by Gasteiger charge is -2.28. The number of anilines is 1. The molecule has 35 nitrogen and oxygen atoms in total. The topological polar surface area (TPSA) is 433 Å². The SMILES string of the molecule is CCOC(=O)CNC(=O)NCc1cc(C)on1.CCOC(=O)CNC(=O)NCc1cccc(CN2CCOCC2)c1.CCOC(=O)CNC(=O)NCc1cccc2c1OCCO2.CCOC(=O)CNC(=O)NCc1ccccc1-c1ccco1.CCOC(=O)CNC(=O)NCc1ccnc(N2CCOCC2)c1. The Morgan fingerprint density at radius 2 is 0.897 bits per heavy atom. The minimum atomic E-state index is -0.472. The monoisotopic (exact) mass is 1490 g/mol. The Morgan fingerprint density at radius 1 is 0.439 bits per heavy atom. The van der Waals surface area contributed by atoms with Crippen LogP contribution in [0.5, 0.6) is 11.5 Å². The minimum absolute atomic E-state index is 0.128. The number of benzene rings is 3. The summed E-state index contributed by atoms with van der Waals surface area (Å²) in [4.78, 5) is 122. The molecule has 0 spiro atoms. The van der Waals surface area contributed by atoms with Gasteiger partial charge in [0.1, 0.15) is 69.0 Å². The Hall–Kier alpha value is -11.7. The summed E-state index contributed by atoms with van der Waals surface area (Å²) in [6, 6.07) is 28.3. The lowest BCUT2D eigenvalue weighted by atomic mass is 10.1. The molecule has 0 saturated carbocycles. The zero-order chi connectivity index (χ0) is 77.2. The van der Waals surface area contributed by atoms with Gasteiger partial charge >= 0.3 is 60.0 Å². The van der Waals surface area contributed by atoms with E-state index in [0.717, 1.165) is 85.3 Å². The van der Waals surface area contributed by atoms with Gasteiger partial charge in [-0.2, -0.15) is 0 Å². The number of pyridine rings is 1. The molecule has 35 heteroatoms. The number of esters is 5. The van der Waals surface area contributed by atoms with Gasteiger partial charge in [-0.05, 0) is 94.1 Å². The quantitative estimate of drug-likeness (QED) is 0.0226. The number of amides is 10. The third-order valence-electron chi connectivity index (χ3n) is 14.5. The number of carbonyl (C=O) groups is 10. The number of urea groups is 5. The van der Waals surface area contributed by atoms with Gasteiger partial charge in [0, 0.05) is 82.3 Å². The maximum Gasteiger partial charge on any atom is 0.325 e. The highest BCUT2D eigenvalue weighted by Gasteiger charge is 2.19. The van der Waals surface area contributed by atoms with E-state index in [1.165, 1.54) is 5.56 Å². The first-order valence-corrected chi connectivity index (χ1v) is 34.8. The van der Waals surface area contributed by atoms with Crippen molar-refractivity contribution in [2.75, 3.05) is 136 Å². The second kappa shape index (κ2) is 50.6. The van der Waals surface area contributed by atoms with Crippen molar-refractivity contribution in [1.29, 1.82) is 0 Å². The number of carbonyl (C=O) groups excluding carboxylic acids is 10. The number of hydrogen-bond acceptors (Lipinski definition) is 25. The summed E-state index contributed by atoms with van der Waals surface area (Å²) < 4.78 is 55.5. The summed E-state index contributed by atoms with van der Waals surface area (Å²) in [6.07, 6.45) is 3.32. The zero-order valence-corrected chi connectivity index (χ0v) is 61.1. The number of ether oxygens (including phenoxy) is 9. The molecule has 0 atom stereocenters. The molecule has 3 aliphatic heterocycles. The number of morpholine rings is 2. The highest BCUT2D eigenvalue weighted by molar-refractivity contribution is 5.83. The van der Waals surface area contributed by atoms with E-state index in [9.17, 15) is 47.9 Å². The van der Waals surface area contributed by atoms with Gasteiger partial charge in [-0.25, -0.2) is 29.0 Å². The number of aromatic nitrogens is 2. The summed E-state index contributed by atoms with van der Waals surface area (Å²) in [7, 11) is 0. The van der Waals surface area contributed by atoms with E-state index >= 15 is 0 Å². The van der Waals surface area contributed by atoms with Gasteiger partial charge in [-0.1, -0.05) is 65.8 Å². The lowest BCUT2D eigenvalue weighted by molar-refractivity contribution is -0.142. The first-order valence-electron chi connectivity index (χ1n) is 34.8. The number of para-hydroxylation sites is 1. The molecule has 6 aromatic rings. The van der Waals surface area contributed by atoms with E-state index in [0.29, 0.717) is 95.4 Å². The molecule has 9 rings (SSSR count). The van der Waals surface area contributed by atoms with Crippen molar-refractivity contribution in [2.24, 2.45) is 0 Å². The fourth-order valence-electron chi connectivity index (χ4n) is 9.53. The largest absolute Gasteiger partial charge is 0.486 e. The van der Waals surface area contributed by atoms with Gasteiger partial charge in [0.2, 0.25) is 0 Å². The van der Waals surface area contributed by atoms with Gasteiger partial charge in [0.25, 0.3) is 0 Å². The molecular formula is C72H98N14O21. The number of hydrogen-bond donors (Lipinski definition) is 10. The fraction of sp³-hybridized carbons (Fsp3) is 0.444. The minimum Gasteiger partial charge on any atom is -0.486 e. The molecule has 3 aromatic carbocycles. The van der Waals surface area contributed by atoms with Crippen LogP contribution in [0.2, 0.25) is 0 Å². The Kier molecular flexibility index (Phi) is 40.7. The number of rotatable bonds is 29. The van der Waals surface area contributed by atoms with Crippen LogP contribution in [0.3, 0.4) is 0 Å². The molecule has 107 heavy (non-hydrogen) atoms. The highest BCUT2D eigenvalue weighted by Crippen LogP contribution is 2.33. The van der Waals surface area contributed by atoms with Crippen LogP contribution in [0, 0.1) is 6.92 Å². The average Bonchev–Trinajstić information content (AvgIpc) is 1.49. The van der Waals surface area contributed by atoms with Gasteiger partial charge in [-0.15, -0.1) is 0 Å². The summed E-state index contributed by atoms with van der Waals surface area (Å²) >= 11 is 0. The number of nitrogens with one attached hydrogen (secondary N) is 10. The molecule has 2 saturated heterocycles. The number of furan rings is 1. The van der Waals surface area contributed by atoms with Gasteiger partial charge in [0.05, 0.1) is 72.3 Å². The van der Waals surface area contributed by atoms with Gasteiger partial charge < -0.3 is 110 Å². The molecule has 0 bridgehead atoms. The summed E-state index contributed by atoms with van der Waals surface area (Å²) in [5.74, 6) is 1.30. The first kappa shape index (κ1) is 85.9. The molecule has 6 heterocycles. The summed E-state index contributed by atoms with van der Waals surface area (Å²) in [5, 5.41) is 29.2. The Labute approximate surface area is 620 Å². The fourth-order valence-corrected chi connectivity index (χ4v) is 9.53. The van der Waals surface area contributed by atoms with Crippen LogP contribution in [-0.4, -0.2) is 207 Å². The lowest BCUT2D eigenvalue weighted by Crippen LogP contribution is -2.39. The van der Waals surface area contributed by atoms with Crippen LogP contribution in [0.1, 0.15) is 73.9 Å². The molecule has 582 valence electrons. The summed E-state index contributed by atoms with van der Waals surface area (Å²) in [6.45, 7) is 21.0. The smallest absolute Gasteiger partial charge is 0.325 e. The molecular weight excluding hydrogens is 1400 g/mol. The third-order valence-corrected chi connectivity index (χ3v) is 14.5. The standard InChI is InChI=1S/C17H25N3O4.C16H18N2O4.C15H22N4O4.C14H18N2O5.C10H15N3O4/c1-2-24-16(21)12-19-17(22)18-11-14-4-3-5-15(10-14)13-20-6-8-23-9-7-20;1-2-21-15(19)11-18-16(20)17-10-12-6-3-4-7-13(12)14-8-5-9-22-14;1-2-23-14(20)11-18-15(21)17-10-12-3-4-16-13(9-12)19-5-7-22-8-6-19;1-2-19-12(17)9-16-14(18)15-8-10-4-3-5-11-13(10)21-7-6-20-11;1-3-16-9(14)6-12-10(15)11-5-8-4-7(2)17-13-8/h3-5,10H,2,6-9,11-13H2,1H3,(H2,18,19,22);3-9H,2,10-11H2,1H3,(H2,17,18,20);3-4,9H,2,5-8,10-11H2,1H3,(H2,17,18,21);3-5H,2,6-9H2,1H3,(H2,15,16,18);4H,3,5-6H2,1-2H3,(H2,11,12,15). The van der Waals surface area contributed by atoms with Crippen LogP contribution in [-0.2, 0) is 96.4 Å². The predicted molar refractivity (Wildman–Crippen MR) is 387 cm³/mol. The van der Waals surface area contributed by atoms with E-state index < -0.39 is 54.0 Å². The Bertz CT molecular complexity index is 3700. The van der Waals surface area contributed by atoms with Crippen molar-refractivity contribution in [3.05, 3.63) is 149 Å². The molecule has 0 unspecified atom stereocenters. The molecule has 10 N–H and O–H groups in total. The van der Waals surface area contributed by atoms with Gasteiger partial charge in [0.15, 0.2) is 11.5 Å². The van der Waals surface area contributed by atoms with Crippen molar-refractivity contribution in [3.8, 4) is 22.8 Å². The highest BCUT2D eigenvalue weighted by atomic mass is 16.6.